The van der Waals surface area contributed by atoms with Gasteiger partial charge in [0, 0.05) is 11.1 Å². The first-order valence-electron chi connectivity index (χ1n) is 8.11. The largest absolute Gasteiger partial charge is 0.464 e. The molecule has 0 bridgehead atoms. The zero-order chi connectivity index (χ0) is 20.5. The number of esters is 2. The zero-order valence-electron chi connectivity index (χ0n) is 15.2. The van der Waals surface area contributed by atoms with Crippen molar-refractivity contribution in [3.63, 3.8) is 0 Å². The fourth-order valence-corrected chi connectivity index (χ4v) is 2.19. The lowest BCUT2D eigenvalue weighted by molar-refractivity contribution is -0.139. The second-order valence-corrected chi connectivity index (χ2v) is 5.37. The minimum absolute atomic E-state index is 0.238. The van der Waals surface area contributed by atoms with Crippen LogP contribution in [0.25, 0.3) is 0 Å². The Bertz CT molecular complexity index is 831. The molecule has 8 nitrogen and oxygen atoms in total. The van der Waals surface area contributed by atoms with Gasteiger partial charge in [-0.05, 0) is 24.3 Å². The number of amides is 2. The third-order valence-corrected chi connectivity index (χ3v) is 3.58. The van der Waals surface area contributed by atoms with Gasteiger partial charge in [0.25, 0.3) is 11.8 Å². The molecule has 2 aromatic carbocycles. The molecule has 0 saturated carbocycles. The summed E-state index contributed by atoms with van der Waals surface area (Å²) in [5.74, 6) is -3.40. The van der Waals surface area contributed by atoms with Crippen LogP contribution in [0.2, 0.25) is 0 Å². The average Bonchev–Trinajstić information content (AvgIpc) is 2.75. The topological polar surface area (TPSA) is 111 Å². The number of rotatable bonds is 6. The summed E-state index contributed by atoms with van der Waals surface area (Å²) in [6.45, 7) is 0. The molecule has 144 valence electrons. The van der Waals surface area contributed by atoms with E-state index >= 15 is 0 Å². The van der Waals surface area contributed by atoms with Gasteiger partial charge in [0.15, 0.2) is 11.4 Å². The summed E-state index contributed by atoms with van der Waals surface area (Å²) in [5, 5.41) is 4.61. The Hall–Kier alpha value is -3.94. The summed E-state index contributed by atoms with van der Waals surface area (Å²) >= 11 is 0. The van der Waals surface area contributed by atoms with Crippen LogP contribution in [0.5, 0.6) is 0 Å². The van der Waals surface area contributed by atoms with Crippen LogP contribution in [0.4, 0.5) is 0 Å². The monoisotopic (exact) mass is 382 g/mol. The number of nitrogens with one attached hydrogen (secondary N) is 2. The van der Waals surface area contributed by atoms with Gasteiger partial charge in [0.05, 0.1) is 14.2 Å². The average molecular weight is 382 g/mol. The number of benzene rings is 2. The van der Waals surface area contributed by atoms with Gasteiger partial charge in [0.2, 0.25) is 0 Å². The maximum absolute atomic E-state index is 12.4. The minimum atomic E-state index is -1.03. The zero-order valence-corrected chi connectivity index (χ0v) is 15.2. The second-order valence-electron chi connectivity index (χ2n) is 5.37. The molecule has 0 radical (unpaired) electrons. The van der Waals surface area contributed by atoms with Gasteiger partial charge in [0.1, 0.15) is 0 Å². The molecule has 0 spiro atoms. The predicted octanol–water partition coefficient (Wildman–Crippen LogP) is 1.40. The van der Waals surface area contributed by atoms with Gasteiger partial charge in [-0.1, -0.05) is 36.4 Å². The first-order chi connectivity index (χ1) is 13.5. The van der Waals surface area contributed by atoms with Crippen molar-refractivity contribution in [3.8, 4) is 0 Å². The van der Waals surface area contributed by atoms with Crippen LogP contribution in [0.3, 0.4) is 0 Å². The van der Waals surface area contributed by atoms with Crippen molar-refractivity contribution >= 4 is 23.8 Å². The molecule has 0 aliphatic carbocycles. The second kappa shape index (κ2) is 9.67. The minimum Gasteiger partial charge on any atom is -0.464 e. The van der Waals surface area contributed by atoms with Crippen molar-refractivity contribution in [1.29, 1.82) is 0 Å². The number of hydrogen-bond donors (Lipinski definition) is 2. The van der Waals surface area contributed by atoms with E-state index in [9.17, 15) is 19.2 Å². The van der Waals surface area contributed by atoms with E-state index < -0.39 is 35.1 Å². The van der Waals surface area contributed by atoms with Gasteiger partial charge < -0.3 is 20.1 Å². The molecule has 2 amide bonds. The van der Waals surface area contributed by atoms with Crippen molar-refractivity contribution in [2.75, 3.05) is 14.2 Å². The van der Waals surface area contributed by atoms with Crippen molar-refractivity contribution in [2.45, 2.75) is 0 Å². The summed E-state index contributed by atoms with van der Waals surface area (Å²) in [4.78, 5) is 49.3. The number of carbonyl (C=O) groups excluding carboxylic acids is 4. The van der Waals surface area contributed by atoms with Gasteiger partial charge in [-0.25, -0.2) is 9.59 Å². The Morgan fingerprint density at radius 3 is 1.21 bits per heavy atom. The molecule has 0 aromatic heterocycles. The number of hydrogen-bond acceptors (Lipinski definition) is 6. The van der Waals surface area contributed by atoms with Gasteiger partial charge in [-0.3, -0.25) is 9.59 Å². The third kappa shape index (κ3) is 5.04. The first-order valence-corrected chi connectivity index (χ1v) is 8.11. The van der Waals surface area contributed by atoms with Crippen LogP contribution in [0.1, 0.15) is 20.7 Å². The molecule has 2 rings (SSSR count). The fraction of sp³-hybridized carbons (Fsp3) is 0.100. The van der Waals surface area contributed by atoms with Crippen molar-refractivity contribution in [2.24, 2.45) is 0 Å². The molecule has 0 aliphatic rings. The van der Waals surface area contributed by atoms with Gasteiger partial charge in [-0.2, -0.15) is 0 Å². The quantitative estimate of drug-likeness (QED) is 0.577. The van der Waals surface area contributed by atoms with Crippen LogP contribution in [-0.4, -0.2) is 38.0 Å². The Kier molecular flexibility index (Phi) is 7.04. The third-order valence-electron chi connectivity index (χ3n) is 3.58. The van der Waals surface area contributed by atoms with E-state index in [1.807, 2.05) is 0 Å². The highest BCUT2D eigenvalue weighted by molar-refractivity contribution is 6.08. The molecular weight excluding hydrogens is 364 g/mol. The van der Waals surface area contributed by atoms with E-state index in [1.54, 1.807) is 36.4 Å². The molecule has 2 aromatic rings. The summed E-state index contributed by atoms with van der Waals surface area (Å²) in [7, 11) is 2.15. The number of methoxy groups -OCH3 is 2. The Morgan fingerprint density at radius 2 is 0.929 bits per heavy atom. The summed E-state index contributed by atoms with van der Waals surface area (Å²) in [5.41, 5.74) is -0.620. The smallest absolute Gasteiger partial charge is 0.357 e. The van der Waals surface area contributed by atoms with E-state index in [-0.39, 0.29) is 11.1 Å². The molecule has 28 heavy (non-hydrogen) atoms. The van der Waals surface area contributed by atoms with E-state index in [2.05, 4.69) is 20.1 Å². The van der Waals surface area contributed by atoms with E-state index in [0.29, 0.717) is 0 Å². The maximum Gasteiger partial charge on any atom is 0.357 e. The summed E-state index contributed by atoms with van der Waals surface area (Å²) in [6, 6.07) is 16.0. The van der Waals surface area contributed by atoms with Crippen molar-refractivity contribution in [3.05, 3.63) is 83.2 Å². The lowest BCUT2D eigenvalue weighted by Gasteiger charge is -2.14. The van der Waals surface area contributed by atoms with Crippen molar-refractivity contribution < 1.29 is 28.7 Å². The van der Waals surface area contributed by atoms with Gasteiger partial charge >= 0.3 is 11.9 Å². The van der Waals surface area contributed by atoms with Gasteiger partial charge in [-0.15, -0.1) is 0 Å². The molecule has 8 heteroatoms. The van der Waals surface area contributed by atoms with Crippen LogP contribution < -0.4 is 10.6 Å². The highest BCUT2D eigenvalue weighted by Crippen LogP contribution is 2.09. The molecular formula is C20H18N2O6. The molecule has 0 fully saturated rings. The van der Waals surface area contributed by atoms with Crippen LogP contribution in [0.15, 0.2) is 72.1 Å². The molecule has 0 saturated heterocycles. The van der Waals surface area contributed by atoms with Crippen LogP contribution in [-0.2, 0) is 19.1 Å². The Labute approximate surface area is 161 Å². The molecule has 0 heterocycles. The highest BCUT2D eigenvalue weighted by atomic mass is 16.5. The molecule has 0 atom stereocenters. The molecule has 0 unspecified atom stereocenters. The first kappa shape index (κ1) is 20.4. The SMILES string of the molecule is COC(=O)/C(NC(=O)c1ccccc1)=C(/NC(=O)c1ccccc1)C(=O)OC. The fourth-order valence-electron chi connectivity index (χ4n) is 2.19. The van der Waals surface area contributed by atoms with Crippen LogP contribution in [0, 0.1) is 0 Å². The van der Waals surface area contributed by atoms with E-state index in [1.165, 1.54) is 24.3 Å². The Balaban J connectivity index is 2.43. The lowest BCUT2D eigenvalue weighted by Crippen LogP contribution is -2.37. The molecule has 2 N–H and O–H groups in total. The standard InChI is InChI=1S/C20H18N2O6/c1-27-19(25)15(21-17(23)13-9-5-3-6-10-13)16(20(26)28-2)22-18(24)14-11-7-4-8-12-14/h3-12H,1-2H3,(H,21,23)(H,22,24)/b16-15-. The lowest BCUT2D eigenvalue weighted by atomic mass is 10.2. The number of carbonyl (C=O) groups is 4. The van der Waals surface area contributed by atoms with E-state index in [4.69, 9.17) is 0 Å². The van der Waals surface area contributed by atoms with E-state index in [0.717, 1.165) is 14.2 Å². The van der Waals surface area contributed by atoms with Crippen molar-refractivity contribution in [1.82, 2.24) is 10.6 Å². The summed E-state index contributed by atoms with van der Waals surface area (Å²) in [6.07, 6.45) is 0. The maximum atomic E-state index is 12.4. The van der Waals surface area contributed by atoms with Crippen LogP contribution >= 0.6 is 0 Å². The highest BCUT2D eigenvalue weighted by Gasteiger charge is 2.27. The Morgan fingerprint density at radius 1 is 0.607 bits per heavy atom. The summed E-state index contributed by atoms with van der Waals surface area (Å²) < 4.78 is 9.28. The molecule has 0 aliphatic heterocycles. The normalized spacial score (nSPS) is 10.9. The predicted molar refractivity (Wildman–Crippen MR) is 98.9 cm³/mol. The number of ether oxygens (including phenoxy) is 2.